The average molecular weight is 341 g/mol. The van der Waals surface area contributed by atoms with Crippen LogP contribution in [-0.2, 0) is 11.3 Å². The number of hydrogen-bond acceptors (Lipinski definition) is 2. The van der Waals surface area contributed by atoms with Crippen LogP contribution in [0.5, 0.6) is 5.75 Å². The molecule has 25 heavy (non-hydrogen) atoms. The quantitative estimate of drug-likeness (QED) is 0.813. The second kappa shape index (κ2) is 8.67. The minimum Gasteiger partial charge on any atom is -0.494 e. The molecule has 2 atom stereocenters. The molecule has 0 saturated heterocycles. The summed E-state index contributed by atoms with van der Waals surface area (Å²) in [5, 5.41) is 3.05. The molecule has 0 fully saturated rings. The van der Waals surface area contributed by atoms with Crippen molar-refractivity contribution >= 4 is 11.6 Å². The first kappa shape index (κ1) is 19.0. The van der Waals surface area contributed by atoms with Gasteiger partial charge in [0.05, 0.1) is 13.7 Å². The molecule has 2 rings (SSSR count). The van der Waals surface area contributed by atoms with Gasteiger partial charge in [0.25, 0.3) is 5.91 Å². The maximum absolute atomic E-state index is 12.6. The Morgan fingerprint density at radius 1 is 1.16 bits per heavy atom. The molecule has 4 nitrogen and oxygen atoms in total. The fraction of sp³-hybridized carbons (Fsp3) is 0.381. The number of benzene rings is 2. The van der Waals surface area contributed by atoms with Crippen LogP contribution in [0, 0.1) is 13.8 Å². The van der Waals surface area contributed by atoms with Crippen molar-refractivity contribution < 1.29 is 14.4 Å². The van der Waals surface area contributed by atoms with Crippen LogP contribution >= 0.6 is 0 Å². The summed E-state index contributed by atoms with van der Waals surface area (Å²) in [5.74, 6) is 0.917. The summed E-state index contributed by atoms with van der Waals surface area (Å²) in [4.78, 5) is 13.7. The Morgan fingerprint density at radius 2 is 1.84 bits per heavy atom. The Kier molecular flexibility index (Phi) is 6.59. The number of likely N-dealkylation sites (N-methyl/N-ethyl adjacent to an activating group) is 1. The molecule has 1 amide bonds. The fourth-order valence-electron chi connectivity index (χ4n) is 2.76. The lowest BCUT2D eigenvalue weighted by atomic mass is 10.1. The van der Waals surface area contributed by atoms with Gasteiger partial charge < -0.3 is 15.0 Å². The van der Waals surface area contributed by atoms with Crippen LogP contribution in [0.15, 0.2) is 42.5 Å². The second-order valence-corrected chi connectivity index (χ2v) is 6.63. The van der Waals surface area contributed by atoms with E-state index in [1.807, 2.05) is 52.1 Å². The van der Waals surface area contributed by atoms with E-state index in [0.717, 1.165) is 28.4 Å². The maximum Gasteiger partial charge on any atom is 0.282 e. The highest BCUT2D eigenvalue weighted by molar-refractivity contribution is 5.94. The van der Waals surface area contributed by atoms with Crippen molar-refractivity contribution in [3.05, 3.63) is 59.2 Å². The Bertz CT molecular complexity index is 710. The highest BCUT2D eigenvalue weighted by Crippen LogP contribution is 2.16. The van der Waals surface area contributed by atoms with E-state index in [4.69, 9.17) is 4.74 Å². The molecule has 134 valence electrons. The van der Waals surface area contributed by atoms with Crippen LogP contribution in [0.3, 0.4) is 0 Å². The lowest BCUT2D eigenvalue weighted by Crippen LogP contribution is -3.12. The zero-order valence-corrected chi connectivity index (χ0v) is 15.8. The molecular formula is C21H29N2O2+. The van der Waals surface area contributed by atoms with Crippen molar-refractivity contribution in [1.82, 2.24) is 0 Å². The second-order valence-electron chi connectivity index (χ2n) is 6.63. The van der Waals surface area contributed by atoms with E-state index >= 15 is 0 Å². The smallest absolute Gasteiger partial charge is 0.282 e. The molecule has 0 heterocycles. The molecule has 0 radical (unpaired) electrons. The van der Waals surface area contributed by atoms with E-state index in [1.54, 1.807) is 0 Å². The summed E-state index contributed by atoms with van der Waals surface area (Å²) in [6.45, 7) is 9.46. The summed E-state index contributed by atoms with van der Waals surface area (Å²) < 4.78 is 5.47. The highest BCUT2D eigenvalue weighted by Gasteiger charge is 2.22. The summed E-state index contributed by atoms with van der Waals surface area (Å²) in [6.07, 6.45) is 0. The first-order chi connectivity index (χ1) is 11.9. The molecule has 4 heteroatoms. The van der Waals surface area contributed by atoms with Gasteiger partial charge in [0.2, 0.25) is 0 Å². The molecule has 0 aliphatic heterocycles. The number of amides is 1. The zero-order chi connectivity index (χ0) is 18.4. The van der Waals surface area contributed by atoms with E-state index < -0.39 is 0 Å². The molecule has 0 aliphatic rings. The van der Waals surface area contributed by atoms with E-state index in [2.05, 4.69) is 30.4 Å². The number of carbonyl (C=O) groups is 1. The first-order valence-electron chi connectivity index (χ1n) is 8.83. The van der Waals surface area contributed by atoms with E-state index in [1.165, 1.54) is 11.1 Å². The number of carbonyl (C=O) groups excluding carboxylic acids is 1. The summed E-state index contributed by atoms with van der Waals surface area (Å²) in [5.41, 5.74) is 4.36. The SMILES string of the molecule is CCOc1ccc(C[NH+](C)[C@@H](C)C(=O)Nc2ccc(C)cc2C)cc1. The van der Waals surface area contributed by atoms with Gasteiger partial charge in [0.15, 0.2) is 6.04 Å². The predicted molar refractivity (Wildman–Crippen MR) is 102 cm³/mol. The third-order valence-electron chi connectivity index (χ3n) is 4.49. The van der Waals surface area contributed by atoms with Crippen LogP contribution in [0.2, 0.25) is 0 Å². The van der Waals surface area contributed by atoms with Crippen molar-refractivity contribution in [3.8, 4) is 5.75 Å². The van der Waals surface area contributed by atoms with Crippen molar-refractivity contribution in [1.29, 1.82) is 0 Å². The lowest BCUT2D eigenvalue weighted by molar-refractivity contribution is -0.907. The Labute approximate surface area is 150 Å². The van der Waals surface area contributed by atoms with Gasteiger partial charge in [0, 0.05) is 11.3 Å². The van der Waals surface area contributed by atoms with Crippen molar-refractivity contribution in [2.45, 2.75) is 40.3 Å². The van der Waals surface area contributed by atoms with Crippen LogP contribution in [0.1, 0.15) is 30.5 Å². The van der Waals surface area contributed by atoms with E-state index in [-0.39, 0.29) is 11.9 Å². The van der Waals surface area contributed by atoms with Crippen LogP contribution in [-0.4, -0.2) is 25.6 Å². The van der Waals surface area contributed by atoms with Crippen molar-refractivity contribution in [2.75, 3.05) is 19.0 Å². The molecule has 0 spiro atoms. The van der Waals surface area contributed by atoms with Crippen LogP contribution in [0.25, 0.3) is 0 Å². The zero-order valence-electron chi connectivity index (χ0n) is 15.8. The summed E-state index contributed by atoms with van der Waals surface area (Å²) >= 11 is 0. The molecule has 2 aromatic rings. The summed E-state index contributed by atoms with van der Waals surface area (Å²) in [6, 6.07) is 14.0. The number of nitrogens with one attached hydrogen (secondary N) is 2. The maximum atomic E-state index is 12.6. The Balaban J connectivity index is 1.96. The molecule has 2 aromatic carbocycles. The topological polar surface area (TPSA) is 42.8 Å². The normalized spacial score (nSPS) is 13.2. The molecule has 0 aromatic heterocycles. The standard InChI is InChI=1S/C21H28N2O2/c1-6-25-19-10-8-18(9-11-19)14-23(5)17(4)21(24)22-20-12-7-15(2)13-16(20)3/h7-13,17H,6,14H2,1-5H3,(H,22,24)/p+1/t17-/m0/s1. The third-order valence-corrected chi connectivity index (χ3v) is 4.49. The molecule has 0 aliphatic carbocycles. The van der Waals surface area contributed by atoms with Crippen LogP contribution < -0.4 is 15.0 Å². The predicted octanol–water partition coefficient (Wildman–Crippen LogP) is 2.74. The van der Waals surface area contributed by atoms with Crippen LogP contribution in [0.4, 0.5) is 5.69 Å². The van der Waals surface area contributed by atoms with E-state index in [9.17, 15) is 4.79 Å². The first-order valence-corrected chi connectivity index (χ1v) is 8.83. The van der Waals surface area contributed by atoms with Gasteiger partial charge in [-0.3, -0.25) is 4.79 Å². The minimum atomic E-state index is -0.146. The molecule has 0 saturated carbocycles. The number of ether oxygens (including phenoxy) is 1. The Morgan fingerprint density at radius 3 is 2.44 bits per heavy atom. The van der Waals surface area contributed by atoms with Gasteiger partial charge >= 0.3 is 0 Å². The monoisotopic (exact) mass is 341 g/mol. The van der Waals surface area contributed by atoms with Gasteiger partial charge in [0.1, 0.15) is 12.3 Å². The van der Waals surface area contributed by atoms with Gasteiger partial charge in [-0.25, -0.2) is 0 Å². The van der Waals surface area contributed by atoms with Gasteiger partial charge in [-0.05, 0) is 63.6 Å². The van der Waals surface area contributed by atoms with Gasteiger partial charge in [-0.15, -0.1) is 0 Å². The number of hydrogen-bond donors (Lipinski definition) is 2. The third kappa shape index (κ3) is 5.33. The average Bonchev–Trinajstić information content (AvgIpc) is 2.58. The largest absolute Gasteiger partial charge is 0.494 e. The van der Waals surface area contributed by atoms with Gasteiger partial charge in [-0.2, -0.15) is 0 Å². The molecular weight excluding hydrogens is 312 g/mol. The van der Waals surface area contributed by atoms with Gasteiger partial charge in [-0.1, -0.05) is 17.7 Å². The molecule has 1 unspecified atom stereocenters. The summed E-state index contributed by atoms with van der Waals surface area (Å²) in [7, 11) is 2.04. The fourth-order valence-corrected chi connectivity index (χ4v) is 2.76. The Hall–Kier alpha value is -2.33. The highest BCUT2D eigenvalue weighted by atomic mass is 16.5. The number of aryl methyl sites for hydroxylation is 2. The molecule has 2 N–H and O–H groups in total. The minimum absolute atomic E-state index is 0.0374. The van der Waals surface area contributed by atoms with Crippen molar-refractivity contribution in [2.24, 2.45) is 0 Å². The van der Waals surface area contributed by atoms with Crippen molar-refractivity contribution in [3.63, 3.8) is 0 Å². The number of anilines is 1. The number of rotatable bonds is 7. The lowest BCUT2D eigenvalue weighted by Gasteiger charge is -2.21. The molecule has 0 bridgehead atoms. The number of quaternary nitrogens is 1. The van der Waals surface area contributed by atoms with E-state index in [0.29, 0.717) is 6.61 Å².